The van der Waals surface area contributed by atoms with Gasteiger partial charge in [0, 0.05) is 25.4 Å². The molecule has 3 aromatic heterocycles. The number of nitrogens with zero attached hydrogens (tertiary/aromatic N) is 4. The minimum atomic E-state index is -0.509. The largest absolute Gasteiger partial charge is 0.329 e. The average molecular weight is 385 g/mol. The summed E-state index contributed by atoms with van der Waals surface area (Å²) in [7, 11) is 1.96. The summed E-state index contributed by atoms with van der Waals surface area (Å²) in [6.45, 7) is 5.74. The van der Waals surface area contributed by atoms with Gasteiger partial charge in [-0.1, -0.05) is 12.1 Å². The van der Waals surface area contributed by atoms with E-state index in [4.69, 9.17) is 4.84 Å². The molecule has 0 radical (unpaired) electrons. The zero-order chi connectivity index (χ0) is 19.4. The SMILES string of the molecule is Cn1c(-c2cccs2)cnc1C(Cc1ccccn1)N(C=O)OC(C)(C)C. The molecule has 0 aliphatic carbocycles. The summed E-state index contributed by atoms with van der Waals surface area (Å²) in [6.07, 6.45) is 4.81. The summed E-state index contributed by atoms with van der Waals surface area (Å²) < 4.78 is 2.02. The van der Waals surface area contributed by atoms with Crippen LogP contribution in [0.4, 0.5) is 0 Å². The number of imidazole rings is 1. The van der Waals surface area contributed by atoms with Gasteiger partial charge in [0.1, 0.15) is 11.9 Å². The number of hydrogen-bond donors (Lipinski definition) is 0. The van der Waals surface area contributed by atoms with Gasteiger partial charge in [0.15, 0.2) is 0 Å². The molecule has 1 amide bonds. The van der Waals surface area contributed by atoms with Crippen molar-refractivity contribution in [2.75, 3.05) is 0 Å². The fourth-order valence-electron chi connectivity index (χ4n) is 2.87. The maximum atomic E-state index is 11.9. The van der Waals surface area contributed by atoms with Gasteiger partial charge >= 0.3 is 0 Å². The van der Waals surface area contributed by atoms with Gasteiger partial charge in [0.05, 0.1) is 22.4 Å². The number of amides is 1. The minimum absolute atomic E-state index is 0.393. The molecule has 3 rings (SSSR count). The van der Waals surface area contributed by atoms with Crippen molar-refractivity contribution in [2.24, 2.45) is 7.05 Å². The molecule has 6 nitrogen and oxygen atoms in total. The van der Waals surface area contributed by atoms with Crippen LogP contribution in [-0.2, 0) is 23.1 Å². The Morgan fingerprint density at radius 3 is 2.67 bits per heavy atom. The van der Waals surface area contributed by atoms with E-state index < -0.39 is 11.6 Å². The molecule has 27 heavy (non-hydrogen) atoms. The predicted molar refractivity (Wildman–Crippen MR) is 106 cm³/mol. The number of hydroxylamine groups is 2. The van der Waals surface area contributed by atoms with Crippen molar-refractivity contribution in [1.29, 1.82) is 0 Å². The zero-order valence-electron chi connectivity index (χ0n) is 16.0. The zero-order valence-corrected chi connectivity index (χ0v) is 16.8. The van der Waals surface area contributed by atoms with Gasteiger partial charge in [0.25, 0.3) is 0 Å². The second-order valence-electron chi connectivity index (χ2n) is 7.25. The molecular formula is C20H24N4O2S. The molecule has 0 saturated carbocycles. The molecule has 3 heterocycles. The van der Waals surface area contributed by atoms with Crippen molar-refractivity contribution >= 4 is 17.7 Å². The van der Waals surface area contributed by atoms with Crippen molar-refractivity contribution < 1.29 is 9.63 Å². The van der Waals surface area contributed by atoms with Gasteiger partial charge in [-0.05, 0) is 44.4 Å². The monoisotopic (exact) mass is 384 g/mol. The van der Waals surface area contributed by atoms with E-state index in [1.54, 1.807) is 17.5 Å². The third-order valence-electron chi connectivity index (χ3n) is 4.01. The number of rotatable bonds is 7. The van der Waals surface area contributed by atoms with Crippen molar-refractivity contribution in [3.63, 3.8) is 0 Å². The summed E-state index contributed by atoms with van der Waals surface area (Å²) in [5.41, 5.74) is 1.37. The quantitative estimate of drug-likeness (QED) is 0.456. The molecule has 142 valence electrons. The first kappa shape index (κ1) is 19.3. The molecule has 0 saturated heterocycles. The van der Waals surface area contributed by atoms with Crippen molar-refractivity contribution in [3.8, 4) is 10.6 Å². The topological polar surface area (TPSA) is 60.2 Å². The summed E-state index contributed by atoms with van der Waals surface area (Å²) in [6, 6.07) is 9.43. The first-order valence-corrected chi connectivity index (χ1v) is 9.65. The molecular weight excluding hydrogens is 360 g/mol. The average Bonchev–Trinajstić information content (AvgIpc) is 3.27. The highest BCUT2D eigenvalue weighted by Gasteiger charge is 2.29. The van der Waals surface area contributed by atoms with E-state index in [0.717, 1.165) is 28.5 Å². The molecule has 0 bridgehead atoms. The van der Waals surface area contributed by atoms with E-state index in [-0.39, 0.29) is 0 Å². The second kappa shape index (κ2) is 8.02. The first-order chi connectivity index (χ1) is 12.9. The predicted octanol–water partition coefficient (Wildman–Crippen LogP) is 4.02. The standard InChI is InChI=1S/C20H24N4O2S/c1-20(2,3)26-24(14-25)16(12-15-8-5-6-10-21-15)19-22-13-17(23(19)4)18-9-7-11-27-18/h5-11,13-14,16H,12H2,1-4H3. The van der Waals surface area contributed by atoms with Gasteiger partial charge in [0.2, 0.25) is 6.41 Å². The Balaban J connectivity index is 2.00. The number of pyridine rings is 1. The third kappa shape index (κ3) is 4.61. The Hall–Kier alpha value is -2.51. The van der Waals surface area contributed by atoms with Crippen molar-refractivity contribution in [1.82, 2.24) is 19.6 Å². The minimum Gasteiger partial charge on any atom is -0.329 e. The summed E-state index contributed by atoms with van der Waals surface area (Å²) in [4.78, 5) is 28.0. The fraction of sp³-hybridized carbons (Fsp3) is 0.350. The molecule has 0 aliphatic heterocycles. The number of carbonyl (C=O) groups excluding carboxylic acids is 1. The van der Waals surface area contributed by atoms with Crippen molar-refractivity contribution in [2.45, 2.75) is 38.8 Å². The van der Waals surface area contributed by atoms with Crippen LogP contribution >= 0.6 is 11.3 Å². The highest BCUT2D eigenvalue weighted by atomic mass is 32.1. The number of aromatic nitrogens is 3. The van der Waals surface area contributed by atoms with Crippen LogP contribution in [0.2, 0.25) is 0 Å². The number of thiophene rings is 1. The molecule has 3 aromatic rings. The molecule has 0 spiro atoms. The maximum Gasteiger partial charge on any atom is 0.234 e. The molecule has 7 heteroatoms. The van der Waals surface area contributed by atoms with E-state index in [1.165, 1.54) is 5.06 Å². The first-order valence-electron chi connectivity index (χ1n) is 8.77. The maximum absolute atomic E-state index is 11.9. The smallest absolute Gasteiger partial charge is 0.234 e. The molecule has 1 unspecified atom stereocenters. The van der Waals surface area contributed by atoms with E-state index in [2.05, 4.69) is 16.0 Å². The molecule has 1 atom stereocenters. The van der Waals surface area contributed by atoms with Crippen LogP contribution in [0.1, 0.15) is 38.3 Å². The summed E-state index contributed by atoms with van der Waals surface area (Å²) in [5.74, 6) is 0.750. The van der Waals surface area contributed by atoms with Gasteiger partial charge in [-0.2, -0.15) is 0 Å². The lowest BCUT2D eigenvalue weighted by atomic mass is 10.1. The van der Waals surface area contributed by atoms with Gasteiger partial charge in [-0.15, -0.1) is 11.3 Å². The Labute approximate surface area is 163 Å². The summed E-state index contributed by atoms with van der Waals surface area (Å²) >= 11 is 1.66. The van der Waals surface area contributed by atoms with Gasteiger partial charge in [-0.3, -0.25) is 14.6 Å². The Morgan fingerprint density at radius 1 is 1.26 bits per heavy atom. The summed E-state index contributed by atoms with van der Waals surface area (Å²) in [5, 5.41) is 3.39. The van der Waals surface area contributed by atoms with Gasteiger partial charge < -0.3 is 4.57 Å². The lowest BCUT2D eigenvalue weighted by Gasteiger charge is -2.32. The van der Waals surface area contributed by atoms with Crippen LogP contribution in [0, 0.1) is 0 Å². The highest BCUT2D eigenvalue weighted by Crippen LogP contribution is 2.30. The lowest BCUT2D eigenvalue weighted by Crippen LogP contribution is -2.38. The van der Waals surface area contributed by atoms with E-state index in [9.17, 15) is 4.79 Å². The van der Waals surface area contributed by atoms with E-state index >= 15 is 0 Å². The Morgan fingerprint density at radius 2 is 2.07 bits per heavy atom. The van der Waals surface area contributed by atoms with Crippen LogP contribution in [0.15, 0.2) is 48.1 Å². The van der Waals surface area contributed by atoms with Crippen molar-refractivity contribution in [3.05, 3.63) is 59.6 Å². The fourth-order valence-corrected chi connectivity index (χ4v) is 3.64. The van der Waals surface area contributed by atoms with E-state index in [1.807, 2.05) is 68.2 Å². The van der Waals surface area contributed by atoms with E-state index in [0.29, 0.717) is 6.42 Å². The van der Waals surface area contributed by atoms with Gasteiger partial charge in [-0.25, -0.2) is 10.0 Å². The Bertz CT molecular complexity index is 869. The number of carbonyl (C=O) groups is 1. The van der Waals surface area contributed by atoms with Crippen LogP contribution < -0.4 is 0 Å². The van der Waals surface area contributed by atoms with Crippen LogP contribution in [-0.4, -0.2) is 31.6 Å². The Kier molecular flexibility index (Phi) is 5.72. The molecule has 0 aromatic carbocycles. The highest BCUT2D eigenvalue weighted by molar-refractivity contribution is 7.13. The molecule has 0 N–H and O–H groups in total. The lowest BCUT2D eigenvalue weighted by molar-refractivity contribution is -0.235. The normalized spacial score (nSPS) is 12.7. The van der Waals surface area contributed by atoms with Crippen LogP contribution in [0.3, 0.4) is 0 Å². The van der Waals surface area contributed by atoms with Crippen LogP contribution in [0.5, 0.6) is 0 Å². The third-order valence-corrected chi connectivity index (χ3v) is 4.91. The van der Waals surface area contributed by atoms with Crippen LogP contribution in [0.25, 0.3) is 10.6 Å². The molecule has 0 fully saturated rings. The number of hydrogen-bond acceptors (Lipinski definition) is 5. The second-order valence-corrected chi connectivity index (χ2v) is 8.20. The molecule has 0 aliphatic rings.